The van der Waals surface area contributed by atoms with E-state index in [2.05, 4.69) is 0 Å². The minimum Gasteiger partial charge on any atom is -0.204 e. The molecule has 0 radical (unpaired) electrons. The van der Waals surface area contributed by atoms with Gasteiger partial charge in [-0.15, -0.1) is 0 Å². The Labute approximate surface area is 118 Å². The number of rotatable bonds is 0. The maximum atomic E-state index is 14.3. The topological polar surface area (TPSA) is 0 Å². The highest BCUT2D eigenvalue weighted by Gasteiger charge is 2.18. The monoisotopic (exact) mass is 282 g/mol. The van der Waals surface area contributed by atoms with Crippen molar-refractivity contribution < 1.29 is 13.2 Å². The van der Waals surface area contributed by atoms with Crippen molar-refractivity contribution in [3.05, 3.63) is 72.0 Å². The molecule has 102 valence electrons. The molecule has 0 aliphatic heterocycles. The molecule has 21 heavy (non-hydrogen) atoms. The molecule has 4 aromatic rings. The van der Waals surface area contributed by atoms with E-state index in [1.165, 1.54) is 0 Å². The van der Waals surface area contributed by atoms with Crippen LogP contribution in [0.15, 0.2) is 54.6 Å². The Morgan fingerprint density at radius 3 is 1.62 bits per heavy atom. The molecule has 0 bridgehead atoms. The highest BCUT2D eigenvalue weighted by molar-refractivity contribution is 6.25. The number of hydrogen-bond donors (Lipinski definition) is 0. The van der Waals surface area contributed by atoms with Gasteiger partial charge in [0.2, 0.25) is 0 Å². The summed E-state index contributed by atoms with van der Waals surface area (Å²) in [5.41, 5.74) is 0. The Bertz CT molecular complexity index is 1020. The van der Waals surface area contributed by atoms with Crippen LogP contribution >= 0.6 is 0 Å². The molecule has 4 aromatic carbocycles. The molecule has 0 nitrogen and oxygen atoms in total. The molecule has 4 rings (SSSR count). The molecule has 3 heteroatoms. The molecule has 0 aromatic heterocycles. The van der Waals surface area contributed by atoms with Crippen LogP contribution in [-0.2, 0) is 0 Å². The fourth-order valence-electron chi connectivity index (χ4n) is 2.96. The second-order valence-corrected chi connectivity index (χ2v) is 5.00. The fourth-order valence-corrected chi connectivity index (χ4v) is 2.96. The molecule has 0 atom stereocenters. The summed E-state index contributed by atoms with van der Waals surface area (Å²) < 4.78 is 41.6. The normalized spacial score (nSPS) is 11.6. The van der Waals surface area contributed by atoms with Gasteiger partial charge < -0.3 is 0 Å². The van der Waals surface area contributed by atoms with Crippen LogP contribution in [0.4, 0.5) is 13.2 Å². The first-order chi connectivity index (χ1) is 10.2. The average molecular weight is 282 g/mol. The zero-order valence-corrected chi connectivity index (χ0v) is 10.8. The Kier molecular flexibility index (Phi) is 2.45. The predicted molar refractivity (Wildman–Crippen MR) is 78.8 cm³/mol. The zero-order chi connectivity index (χ0) is 14.6. The molecule has 0 N–H and O–H groups in total. The van der Waals surface area contributed by atoms with E-state index in [0.717, 1.165) is 16.8 Å². The minimum atomic E-state index is -1.43. The standard InChI is InChI=1S/C18H9F3/c19-15-9-14-12-7-2-1-5-10(12)11-6-3-4-8-13(11)16(14)18(21)17(15)20/h1-9H. The van der Waals surface area contributed by atoms with E-state index in [4.69, 9.17) is 0 Å². The van der Waals surface area contributed by atoms with E-state index < -0.39 is 17.5 Å². The third kappa shape index (κ3) is 1.57. The summed E-state index contributed by atoms with van der Waals surface area (Å²) in [6, 6.07) is 15.6. The van der Waals surface area contributed by atoms with Gasteiger partial charge in [-0.05, 0) is 33.0 Å². The van der Waals surface area contributed by atoms with Crippen molar-refractivity contribution in [3.8, 4) is 0 Å². The van der Waals surface area contributed by atoms with Gasteiger partial charge in [-0.3, -0.25) is 0 Å². The molecule has 0 spiro atoms. The van der Waals surface area contributed by atoms with Crippen molar-refractivity contribution in [1.29, 1.82) is 0 Å². The third-order valence-electron chi connectivity index (χ3n) is 3.87. The van der Waals surface area contributed by atoms with Crippen LogP contribution in [0.2, 0.25) is 0 Å². The molecular formula is C18H9F3. The van der Waals surface area contributed by atoms with Gasteiger partial charge in [0, 0.05) is 5.39 Å². The Morgan fingerprint density at radius 1 is 0.524 bits per heavy atom. The summed E-state index contributed by atoms with van der Waals surface area (Å²) >= 11 is 0. The number of benzene rings is 4. The lowest BCUT2D eigenvalue weighted by molar-refractivity contribution is 0.454. The summed E-state index contributed by atoms with van der Waals surface area (Å²) in [7, 11) is 0. The lowest BCUT2D eigenvalue weighted by atomic mass is 9.94. The van der Waals surface area contributed by atoms with Gasteiger partial charge in [0.25, 0.3) is 0 Å². The van der Waals surface area contributed by atoms with E-state index >= 15 is 0 Å². The molecule has 0 aliphatic carbocycles. The summed E-state index contributed by atoms with van der Waals surface area (Å²) in [4.78, 5) is 0. The highest BCUT2D eigenvalue weighted by Crippen LogP contribution is 2.37. The van der Waals surface area contributed by atoms with Crippen molar-refractivity contribution in [3.63, 3.8) is 0 Å². The smallest absolute Gasteiger partial charge is 0.195 e. The molecule has 0 fully saturated rings. The van der Waals surface area contributed by atoms with Crippen molar-refractivity contribution in [2.45, 2.75) is 0 Å². The van der Waals surface area contributed by atoms with E-state index in [1.807, 2.05) is 24.3 Å². The second kappa shape index (κ2) is 4.22. The van der Waals surface area contributed by atoms with E-state index in [-0.39, 0.29) is 5.39 Å². The lowest BCUT2D eigenvalue weighted by Gasteiger charge is -2.11. The molecule has 0 saturated carbocycles. The third-order valence-corrected chi connectivity index (χ3v) is 3.87. The summed E-state index contributed by atoms with van der Waals surface area (Å²) in [5, 5.41) is 3.53. The molecular weight excluding hydrogens is 273 g/mol. The number of hydrogen-bond acceptors (Lipinski definition) is 0. The van der Waals surface area contributed by atoms with E-state index in [1.54, 1.807) is 24.3 Å². The number of halogens is 3. The Morgan fingerprint density at radius 2 is 1.00 bits per heavy atom. The maximum Gasteiger partial charge on any atom is 0.195 e. The van der Waals surface area contributed by atoms with Gasteiger partial charge in [0.1, 0.15) is 0 Å². The van der Waals surface area contributed by atoms with Crippen molar-refractivity contribution >= 4 is 32.3 Å². The second-order valence-electron chi connectivity index (χ2n) is 5.00. The van der Waals surface area contributed by atoms with Gasteiger partial charge in [-0.2, -0.15) is 0 Å². The SMILES string of the molecule is Fc1cc2c3ccccc3c3ccccc3c2c(F)c1F. The quantitative estimate of drug-likeness (QED) is 0.292. The summed E-state index contributed by atoms with van der Waals surface area (Å²) in [5.74, 6) is -3.73. The van der Waals surface area contributed by atoms with Gasteiger partial charge in [0.05, 0.1) is 0 Å². The molecule has 0 aliphatic rings. The van der Waals surface area contributed by atoms with Gasteiger partial charge in [-0.25, -0.2) is 13.2 Å². The zero-order valence-electron chi connectivity index (χ0n) is 10.8. The van der Waals surface area contributed by atoms with Crippen LogP contribution in [0, 0.1) is 17.5 Å². The van der Waals surface area contributed by atoms with Gasteiger partial charge in [0.15, 0.2) is 17.5 Å². The summed E-state index contributed by atoms with van der Waals surface area (Å²) in [6.45, 7) is 0. The average Bonchev–Trinajstić information content (AvgIpc) is 2.52. The van der Waals surface area contributed by atoms with Crippen LogP contribution in [0.3, 0.4) is 0 Å². The van der Waals surface area contributed by atoms with Gasteiger partial charge in [-0.1, -0.05) is 48.5 Å². The van der Waals surface area contributed by atoms with Crippen LogP contribution in [-0.4, -0.2) is 0 Å². The fraction of sp³-hybridized carbons (Fsp3) is 0. The predicted octanol–water partition coefficient (Wildman–Crippen LogP) is 5.56. The first-order valence-electron chi connectivity index (χ1n) is 6.55. The number of fused-ring (bicyclic) bond motifs is 6. The molecule has 0 amide bonds. The highest BCUT2D eigenvalue weighted by atomic mass is 19.2. The Balaban J connectivity index is 2.46. The van der Waals surface area contributed by atoms with E-state index in [9.17, 15) is 13.2 Å². The molecule has 0 heterocycles. The molecule has 0 unspecified atom stereocenters. The van der Waals surface area contributed by atoms with Crippen molar-refractivity contribution in [2.75, 3.05) is 0 Å². The Hall–Kier alpha value is -2.55. The van der Waals surface area contributed by atoms with Crippen LogP contribution in [0.1, 0.15) is 0 Å². The van der Waals surface area contributed by atoms with Crippen LogP contribution < -0.4 is 0 Å². The largest absolute Gasteiger partial charge is 0.204 e. The van der Waals surface area contributed by atoms with E-state index in [0.29, 0.717) is 16.2 Å². The van der Waals surface area contributed by atoms with Gasteiger partial charge >= 0.3 is 0 Å². The van der Waals surface area contributed by atoms with Crippen LogP contribution in [0.25, 0.3) is 32.3 Å². The van der Waals surface area contributed by atoms with Crippen molar-refractivity contribution in [2.24, 2.45) is 0 Å². The first-order valence-corrected chi connectivity index (χ1v) is 6.55. The van der Waals surface area contributed by atoms with Crippen molar-refractivity contribution in [1.82, 2.24) is 0 Å². The van der Waals surface area contributed by atoms with Crippen LogP contribution in [0.5, 0.6) is 0 Å². The minimum absolute atomic E-state index is 0.128. The molecule has 0 saturated heterocycles. The summed E-state index contributed by atoms with van der Waals surface area (Å²) in [6.07, 6.45) is 0. The first kappa shape index (κ1) is 12.2. The lowest BCUT2D eigenvalue weighted by Crippen LogP contribution is -1.94. The maximum absolute atomic E-state index is 14.3.